The fourth-order valence-corrected chi connectivity index (χ4v) is 2.97. The van der Waals surface area contributed by atoms with Gasteiger partial charge in [0.1, 0.15) is 11.6 Å². The summed E-state index contributed by atoms with van der Waals surface area (Å²) >= 11 is 3.04. The molecule has 0 heterocycles. The van der Waals surface area contributed by atoms with Crippen molar-refractivity contribution >= 4 is 15.9 Å². The SMILES string of the molecule is CC1(C)CCc2c(F)cc(Br)c(F)c2C(N)C1. The lowest BCUT2D eigenvalue weighted by Crippen LogP contribution is -2.20. The Morgan fingerprint density at radius 2 is 2.06 bits per heavy atom. The van der Waals surface area contributed by atoms with Gasteiger partial charge in [0.25, 0.3) is 0 Å². The zero-order valence-corrected chi connectivity index (χ0v) is 11.6. The first-order chi connectivity index (χ1) is 7.82. The molecule has 4 heteroatoms. The van der Waals surface area contributed by atoms with Crippen LogP contribution >= 0.6 is 15.9 Å². The molecule has 0 spiro atoms. The summed E-state index contributed by atoms with van der Waals surface area (Å²) in [4.78, 5) is 0. The summed E-state index contributed by atoms with van der Waals surface area (Å²) < 4.78 is 28.1. The van der Waals surface area contributed by atoms with Crippen molar-refractivity contribution in [1.29, 1.82) is 0 Å². The molecule has 1 nitrogen and oxygen atoms in total. The lowest BCUT2D eigenvalue weighted by Gasteiger charge is -2.24. The zero-order chi connectivity index (χ0) is 12.8. The standard InChI is InChI=1S/C13H16BrF2N/c1-13(2)4-3-7-9(15)5-8(14)12(16)11(7)10(17)6-13/h5,10H,3-4,6,17H2,1-2H3. The summed E-state index contributed by atoms with van der Waals surface area (Å²) in [5.74, 6) is -0.770. The van der Waals surface area contributed by atoms with Crippen LogP contribution in [-0.2, 0) is 6.42 Å². The van der Waals surface area contributed by atoms with Crippen LogP contribution in [0.2, 0.25) is 0 Å². The monoisotopic (exact) mass is 303 g/mol. The van der Waals surface area contributed by atoms with E-state index >= 15 is 0 Å². The highest BCUT2D eigenvalue weighted by atomic mass is 79.9. The molecule has 1 aliphatic rings. The lowest BCUT2D eigenvalue weighted by atomic mass is 9.83. The topological polar surface area (TPSA) is 26.0 Å². The van der Waals surface area contributed by atoms with Crippen LogP contribution in [0.1, 0.15) is 43.9 Å². The minimum Gasteiger partial charge on any atom is -0.324 e. The van der Waals surface area contributed by atoms with Crippen LogP contribution in [0.3, 0.4) is 0 Å². The van der Waals surface area contributed by atoms with Crippen LogP contribution < -0.4 is 5.73 Å². The molecular formula is C13H16BrF2N. The van der Waals surface area contributed by atoms with E-state index in [1.165, 1.54) is 6.07 Å². The molecule has 0 bridgehead atoms. The fraction of sp³-hybridized carbons (Fsp3) is 0.538. The Balaban J connectivity index is 2.59. The molecule has 17 heavy (non-hydrogen) atoms. The molecule has 0 fully saturated rings. The first-order valence-corrected chi connectivity index (χ1v) is 6.53. The molecule has 0 aliphatic heterocycles. The van der Waals surface area contributed by atoms with Crippen molar-refractivity contribution in [3.63, 3.8) is 0 Å². The molecule has 1 aromatic rings. The quantitative estimate of drug-likeness (QED) is 0.567. The summed E-state index contributed by atoms with van der Waals surface area (Å²) in [6.07, 6.45) is 2.05. The molecular weight excluding hydrogens is 288 g/mol. The number of benzene rings is 1. The van der Waals surface area contributed by atoms with Crippen LogP contribution in [0.25, 0.3) is 0 Å². The van der Waals surface area contributed by atoms with Gasteiger partial charge in [0.15, 0.2) is 0 Å². The minimum absolute atomic E-state index is 0.0177. The second-order valence-corrected chi connectivity index (χ2v) is 6.38. The van der Waals surface area contributed by atoms with Crippen molar-refractivity contribution in [2.45, 2.75) is 39.2 Å². The maximum Gasteiger partial charge on any atom is 0.142 e. The molecule has 2 N–H and O–H groups in total. The normalized spacial score (nSPS) is 23.1. The highest BCUT2D eigenvalue weighted by molar-refractivity contribution is 9.10. The van der Waals surface area contributed by atoms with Crippen LogP contribution in [0.4, 0.5) is 8.78 Å². The molecule has 1 atom stereocenters. The van der Waals surface area contributed by atoms with Gasteiger partial charge in [-0.05, 0) is 52.2 Å². The Hall–Kier alpha value is -0.480. The van der Waals surface area contributed by atoms with Gasteiger partial charge in [-0.25, -0.2) is 8.78 Å². The molecule has 0 aromatic heterocycles. The predicted octanol–water partition coefficient (Wildman–Crippen LogP) is 4.09. The van der Waals surface area contributed by atoms with Gasteiger partial charge < -0.3 is 5.73 Å². The minimum atomic E-state index is -0.436. The molecule has 94 valence electrons. The fourth-order valence-electron chi connectivity index (χ4n) is 2.55. The molecule has 2 rings (SSSR count). The van der Waals surface area contributed by atoms with Gasteiger partial charge in [-0.1, -0.05) is 13.8 Å². The molecule has 0 amide bonds. The van der Waals surface area contributed by atoms with Crippen molar-refractivity contribution in [2.75, 3.05) is 0 Å². The van der Waals surface area contributed by atoms with Crippen LogP contribution in [0.15, 0.2) is 10.5 Å². The van der Waals surface area contributed by atoms with E-state index in [9.17, 15) is 8.78 Å². The maximum absolute atomic E-state index is 14.1. The number of rotatable bonds is 0. The van der Waals surface area contributed by atoms with Crippen molar-refractivity contribution in [3.8, 4) is 0 Å². The van der Waals surface area contributed by atoms with E-state index in [1.807, 2.05) is 0 Å². The van der Waals surface area contributed by atoms with Crippen molar-refractivity contribution in [1.82, 2.24) is 0 Å². The number of hydrogen-bond donors (Lipinski definition) is 1. The Morgan fingerprint density at radius 3 is 2.71 bits per heavy atom. The number of nitrogens with two attached hydrogens (primary N) is 1. The van der Waals surface area contributed by atoms with E-state index in [4.69, 9.17) is 5.73 Å². The van der Waals surface area contributed by atoms with Crippen LogP contribution in [0.5, 0.6) is 0 Å². The Morgan fingerprint density at radius 1 is 1.41 bits per heavy atom. The summed E-state index contributed by atoms with van der Waals surface area (Å²) in [6.45, 7) is 4.17. The zero-order valence-electron chi connectivity index (χ0n) is 9.99. The summed E-state index contributed by atoms with van der Waals surface area (Å²) in [5.41, 5.74) is 6.85. The smallest absolute Gasteiger partial charge is 0.142 e. The molecule has 1 aromatic carbocycles. The second kappa shape index (κ2) is 4.32. The first kappa shape index (κ1) is 13.0. The van der Waals surface area contributed by atoms with Gasteiger partial charge in [-0.3, -0.25) is 0 Å². The van der Waals surface area contributed by atoms with E-state index < -0.39 is 11.9 Å². The van der Waals surface area contributed by atoms with Gasteiger partial charge >= 0.3 is 0 Å². The summed E-state index contributed by atoms with van der Waals surface area (Å²) in [5, 5.41) is 0. The summed E-state index contributed by atoms with van der Waals surface area (Å²) in [6, 6.07) is 0.758. The third-order valence-electron chi connectivity index (χ3n) is 3.51. The molecule has 1 unspecified atom stereocenters. The lowest BCUT2D eigenvalue weighted by molar-refractivity contribution is 0.292. The van der Waals surface area contributed by atoms with Crippen LogP contribution in [-0.4, -0.2) is 0 Å². The third-order valence-corrected chi connectivity index (χ3v) is 4.09. The molecule has 0 radical (unpaired) electrons. The number of hydrogen-bond acceptors (Lipinski definition) is 1. The van der Waals surface area contributed by atoms with E-state index in [-0.39, 0.29) is 15.7 Å². The van der Waals surface area contributed by atoms with Gasteiger partial charge in [-0.2, -0.15) is 0 Å². The molecule has 0 saturated carbocycles. The number of fused-ring (bicyclic) bond motifs is 1. The summed E-state index contributed by atoms with van der Waals surface area (Å²) in [7, 11) is 0. The molecule has 1 aliphatic carbocycles. The van der Waals surface area contributed by atoms with Crippen LogP contribution in [0, 0.1) is 17.0 Å². The van der Waals surface area contributed by atoms with E-state index in [1.54, 1.807) is 0 Å². The third kappa shape index (κ3) is 2.38. The Bertz CT molecular complexity index is 457. The second-order valence-electron chi connectivity index (χ2n) is 5.52. The van der Waals surface area contributed by atoms with E-state index in [0.29, 0.717) is 24.0 Å². The van der Waals surface area contributed by atoms with Gasteiger partial charge in [0, 0.05) is 11.6 Å². The van der Waals surface area contributed by atoms with Crippen molar-refractivity contribution < 1.29 is 8.78 Å². The maximum atomic E-state index is 14.1. The average molecular weight is 304 g/mol. The predicted molar refractivity (Wildman–Crippen MR) is 67.7 cm³/mol. The largest absolute Gasteiger partial charge is 0.324 e. The Labute approximate surface area is 109 Å². The van der Waals surface area contributed by atoms with Gasteiger partial charge in [-0.15, -0.1) is 0 Å². The average Bonchev–Trinajstić information content (AvgIpc) is 2.31. The number of halogens is 3. The highest BCUT2D eigenvalue weighted by Gasteiger charge is 2.31. The van der Waals surface area contributed by atoms with Gasteiger partial charge in [0.05, 0.1) is 4.47 Å². The van der Waals surface area contributed by atoms with E-state index in [2.05, 4.69) is 29.8 Å². The van der Waals surface area contributed by atoms with E-state index in [0.717, 1.165) is 6.42 Å². The van der Waals surface area contributed by atoms with Gasteiger partial charge in [0.2, 0.25) is 0 Å². The van der Waals surface area contributed by atoms with Crippen molar-refractivity contribution in [3.05, 3.63) is 33.3 Å². The van der Waals surface area contributed by atoms with Crippen molar-refractivity contribution in [2.24, 2.45) is 11.1 Å². The Kier molecular flexibility index (Phi) is 3.29. The molecule has 0 saturated heterocycles. The highest BCUT2D eigenvalue weighted by Crippen LogP contribution is 2.41. The first-order valence-electron chi connectivity index (χ1n) is 5.74.